The van der Waals surface area contributed by atoms with Gasteiger partial charge in [0.1, 0.15) is 0 Å². The minimum Gasteiger partial charge on any atom is -0.340 e. The maximum absolute atomic E-state index is 5.84. The monoisotopic (exact) mass is 260 g/mol. The van der Waals surface area contributed by atoms with E-state index in [1.807, 2.05) is 6.92 Å². The lowest BCUT2D eigenvalue weighted by atomic mass is 9.91. The van der Waals surface area contributed by atoms with Crippen LogP contribution in [0.15, 0.2) is 4.52 Å². The Morgan fingerprint density at radius 2 is 2.29 bits per heavy atom. The Morgan fingerprint density at radius 1 is 1.53 bits per heavy atom. The van der Waals surface area contributed by atoms with Crippen molar-refractivity contribution in [1.82, 2.24) is 15.0 Å². The molecule has 1 aliphatic heterocycles. The van der Waals surface area contributed by atoms with Crippen LogP contribution in [0.4, 0.5) is 0 Å². The summed E-state index contributed by atoms with van der Waals surface area (Å²) in [6, 6.07) is 0.451. The molecule has 2 atom stereocenters. The van der Waals surface area contributed by atoms with Crippen molar-refractivity contribution in [3.63, 3.8) is 0 Å². The van der Waals surface area contributed by atoms with Gasteiger partial charge in [0.25, 0.3) is 0 Å². The Kier molecular flexibility index (Phi) is 5.36. The van der Waals surface area contributed by atoms with Crippen LogP contribution in [-0.2, 0) is 6.54 Å². The number of nitrogens with two attached hydrogens (primary N) is 1. The van der Waals surface area contributed by atoms with Gasteiger partial charge in [-0.25, -0.2) is 0 Å². The molecule has 98 valence electrons. The summed E-state index contributed by atoms with van der Waals surface area (Å²) in [5.74, 6) is 2.06. The standard InChI is InChI=1S/C11H20N4O.ClH/c1-8-4-3-5-15(10(8)6-12)7-11-13-9(2)16-14-11;/h8,10H,3-7,12H2,1-2H3;1H. The molecule has 0 bridgehead atoms. The number of piperidine rings is 1. The number of halogens is 1. The van der Waals surface area contributed by atoms with Crippen molar-refractivity contribution in [2.45, 2.75) is 39.3 Å². The summed E-state index contributed by atoms with van der Waals surface area (Å²) in [6.07, 6.45) is 2.50. The predicted molar refractivity (Wildman–Crippen MR) is 67.9 cm³/mol. The highest BCUT2D eigenvalue weighted by Gasteiger charge is 2.28. The van der Waals surface area contributed by atoms with E-state index in [1.54, 1.807) is 0 Å². The van der Waals surface area contributed by atoms with Crippen molar-refractivity contribution < 1.29 is 4.52 Å². The van der Waals surface area contributed by atoms with Crippen molar-refractivity contribution in [1.29, 1.82) is 0 Å². The smallest absolute Gasteiger partial charge is 0.223 e. The molecule has 2 unspecified atom stereocenters. The van der Waals surface area contributed by atoms with E-state index in [4.69, 9.17) is 10.3 Å². The summed E-state index contributed by atoms with van der Waals surface area (Å²) in [5, 5.41) is 3.94. The molecule has 2 N–H and O–H groups in total. The fraction of sp³-hybridized carbons (Fsp3) is 0.818. The van der Waals surface area contributed by atoms with Crippen molar-refractivity contribution in [2.24, 2.45) is 11.7 Å². The number of likely N-dealkylation sites (tertiary alicyclic amines) is 1. The van der Waals surface area contributed by atoms with Crippen molar-refractivity contribution in [3.05, 3.63) is 11.7 Å². The summed E-state index contributed by atoms with van der Waals surface area (Å²) < 4.78 is 4.98. The van der Waals surface area contributed by atoms with Crippen LogP contribution >= 0.6 is 12.4 Å². The zero-order valence-electron chi connectivity index (χ0n) is 10.4. The Bertz CT molecular complexity index is 344. The van der Waals surface area contributed by atoms with E-state index in [1.165, 1.54) is 12.8 Å². The molecule has 6 heteroatoms. The summed E-state index contributed by atoms with van der Waals surface area (Å²) in [5.41, 5.74) is 5.84. The van der Waals surface area contributed by atoms with Crippen LogP contribution in [0.5, 0.6) is 0 Å². The highest BCUT2D eigenvalue weighted by molar-refractivity contribution is 5.85. The predicted octanol–water partition coefficient (Wildman–Crippen LogP) is 1.36. The number of aromatic nitrogens is 2. The van der Waals surface area contributed by atoms with Crippen LogP contribution in [0.25, 0.3) is 0 Å². The van der Waals surface area contributed by atoms with E-state index in [9.17, 15) is 0 Å². The van der Waals surface area contributed by atoms with Gasteiger partial charge in [0.05, 0.1) is 6.54 Å². The van der Waals surface area contributed by atoms with E-state index in [-0.39, 0.29) is 12.4 Å². The summed E-state index contributed by atoms with van der Waals surface area (Å²) in [4.78, 5) is 6.61. The molecule has 0 aromatic carbocycles. The van der Waals surface area contributed by atoms with Gasteiger partial charge in [-0.1, -0.05) is 12.1 Å². The van der Waals surface area contributed by atoms with E-state index in [0.717, 1.165) is 18.9 Å². The highest BCUT2D eigenvalue weighted by Crippen LogP contribution is 2.23. The SMILES string of the molecule is Cc1nc(CN2CCCC(C)C2CN)no1.Cl. The molecule has 1 aromatic heterocycles. The topological polar surface area (TPSA) is 68.2 Å². The normalized spacial score (nSPS) is 25.6. The zero-order chi connectivity index (χ0) is 11.5. The highest BCUT2D eigenvalue weighted by atomic mass is 35.5. The third-order valence-corrected chi connectivity index (χ3v) is 3.39. The minimum absolute atomic E-state index is 0. The molecule has 0 amide bonds. The van der Waals surface area contributed by atoms with E-state index in [2.05, 4.69) is 22.0 Å². The Hall–Kier alpha value is -0.650. The number of aryl methyl sites for hydroxylation is 1. The second-order valence-corrected chi connectivity index (χ2v) is 4.62. The first kappa shape index (κ1) is 14.4. The molecule has 1 fully saturated rings. The van der Waals surface area contributed by atoms with Crippen molar-refractivity contribution >= 4 is 12.4 Å². The number of rotatable bonds is 3. The molecule has 0 radical (unpaired) electrons. The minimum atomic E-state index is 0. The zero-order valence-corrected chi connectivity index (χ0v) is 11.2. The van der Waals surface area contributed by atoms with Gasteiger partial charge in [0, 0.05) is 19.5 Å². The van der Waals surface area contributed by atoms with Gasteiger partial charge in [-0.05, 0) is 25.3 Å². The number of hydrogen-bond donors (Lipinski definition) is 1. The lowest BCUT2D eigenvalue weighted by Crippen LogP contribution is -2.48. The first-order chi connectivity index (χ1) is 7.70. The maximum Gasteiger partial charge on any atom is 0.223 e. The largest absolute Gasteiger partial charge is 0.340 e. The maximum atomic E-state index is 5.84. The van der Waals surface area contributed by atoms with Gasteiger partial charge in [0.2, 0.25) is 5.89 Å². The van der Waals surface area contributed by atoms with Gasteiger partial charge in [0.15, 0.2) is 5.82 Å². The molecule has 2 heterocycles. The Morgan fingerprint density at radius 3 is 2.88 bits per heavy atom. The molecule has 5 nitrogen and oxygen atoms in total. The second-order valence-electron chi connectivity index (χ2n) is 4.62. The van der Waals surface area contributed by atoms with E-state index >= 15 is 0 Å². The third-order valence-electron chi connectivity index (χ3n) is 3.39. The lowest BCUT2D eigenvalue weighted by Gasteiger charge is -2.38. The van der Waals surface area contributed by atoms with Gasteiger partial charge in [-0.2, -0.15) is 4.98 Å². The van der Waals surface area contributed by atoms with Gasteiger partial charge < -0.3 is 10.3 Å². The molecular formula is C11H21ClN4O. The summed E-state index contributed by atoms with van der Waals surface area (Å²) in [6.45, 7) is 6.63. The molecule has 0 aliphatic carbocycles. The first-order valence-corrected chi connectivity index (χ1v) is 5.94. The van der Waals surface area contributed by atoms with Crippen LogP contribution in [0.2, 0.25) is 0 Å². The molecular weight excluding hydrogens is 240 g/mol. The van der Waals surface area contributed by atoms with Gasteiger partial charge in [-0.3, -0.25) is 4.90 Å². The van der Waals surface area contributed by atoms with E-state index < -0.39 is 0 Å². The fourth-order valence-electron chi connectivity index (χ4n) is 2.50. The quantitative estimate of drug-likeness (QED) is 0.889. The van der Waals surface area contributed by atoms with Crippen LogP contribution in [0.3, 0.4) is 0 Å². The Labute approximate surface area is 108 Å². The van der Waals surface area contributed by atoms with Crippen LogP contribution in [0, 0.1) is 12.8 Å². The average Bonchev–Trinajstić information content (AvgIpc) is 2.64. The molecule has 2 rings (SSSR count). The Balaban J connectivity index is 0.00000144. The second kappa shape index (κ2) is 6.33. The number of nitrogens with zero attached hydrogens (tertiary/aromatic N) is 3. The van der Waals surface area contributed by atoms with Gasteiger partial charge >= 0.3 is 0 Å². The van der Waals surface area contributed by atoms with Crippen LogP contribution < -0.4 is 5.73 Å². The molecule has 1 aromatic rings. The number of hydrogen-bond acceptors (Lipinski definition) is 5. The molecule has 17 heavy (non-hydrogen) atoms. The average molecular weight is 261 g/mol. The molecule has 1 saturated heterocycles. The van der Waals surface area contributed by atoms with Crippen molar-refractivity contribution in [2.75, 3.05) is 13.1 Å². The van der Waals surface area contributed by atoms with Gasteiger partial charge in [-0.15, -0.1) is 12.4 Å². The van der Waals surface area contributed by atoms with Crippen LogP contribution in [-0.4, -0.2) is 34.2 Å². The molecule has 0 saturated carbocycles. The fourth-order valence-corrected chi connectivity index (χ4v) is 2.50. The summed E-state index contributed by atoms with van der Waals surface area (Å²) in [7, 11) is 0. The molecule has 0 spiro atoms. The van der Waals surface area contributed by atoms with Crippen LogP contribution in [0.1, 0.15) is 31.5 Å². The van der Waals surface area contributed by atoms with Crippen molar-refractivity contribution in [3.8, 4) is 0 Å². The first-order valence-electron chi connectivity index (χ1n) is 5.94. The summed E-state index contributed by atoms with van der Waals surface area (Å²) >= 11 is 0. The third kappa shape index (κ3) is 3.40. The molecule has 1 aliphatic rings. The lowest BCUT2D eigenvalue weighted by molar-refractivity contribution is 0.0955. The van der Waals surface area contributed by atoms with E-state index in [0.29, 0.717) is 24.4 Å².